The molecule has 7 nitrogen and oxygen atoms in total. The lowest BCUT2D eigenvalue weighted by Crippen LogP contribution is -2.20. The smallest absolute Gasteiger partial charge is 0.245 e. The Kier molecular flexibility index (Phi) is 5.84. The molecule has 0 saturated heterocycles. The summed E-state index contributed by atoms with van der Waals surface area (Å²) in [5.41, 5.74) is 3.72. The van der Waals surface area contributed by atoms with Crippen LogP contribution in [-0.4, -0.2) is 33.8 Å². The van der Waals surface area contributed by atoms with Gasteiger partial charge in [-0.15, -0.1) is 0 Å². The van der Waals surface area contributed by atoms with E-state index >= 15 is 0 Å². The average Bonchev–Trinajstić information content (AvgIpc) is 3.07. The third kappa shape index (κ3) is 4.21. The maximum absolute atomic E-state index is 13.0. The van der Waals surface area contributed by atoms with Crippen molar-refractivity contribution < 1.29 is 9.47 Å². The van der Waals surface area contributed by atoms with Crippen molar-refractivity contribution in [1.29, 1.82) is 0 Å². The van der Waals surface area contributed by atoms with Crippen LogP contribution in [0.25, 0.3) is 11.4 Å². The van der Waals surface area contributed by atoms with Gasteiger partial charge >= 0.3 is 0 Å². The van der Waals surface area contributed by atoms with E-state index in [1.165, 1.54) is 7.11 Å². The van der Waals surface area contributed by atoms with Gasteiger partial charge in [-0.05, 0) is 43.2 Å². The molecule has 1 aliphatic rings. The van der Waals surface area contributed by atoms with Crippen LogP contribution in [0.2, 0.25) is 0 Å². The highest BCUT2D eigenvalue weighted by Crippen LogP contribution is 2.24. The number of allylic oxidation sites excluding steroid dienone is 6. The van der Waals surface area contributed by atoms with Crippen LogP contribution in [0.1, 0.15) is 23.4 Å². The summed E-state index contributed by atoms with van der Waals surface area (Å²) in [6.45, 7) is 1.99. The fraction of sp³-hybridized carbons (Fsp3) is 0.208. The van der Waals surface area contributed by atoms with Gasteiger partial charge in [-0.1, -0.05) is 30.4 Å². The number of benzene rings is 1. The van der Waals surface area contributed by atoms with Gasteiger partial charge < -0.3 is 9.47 Å². The van der Waals surface area contributed by atoms with Crippen LogP contribution in [0.3, 0.4) is 0 Å². The van der Waals surface area contributed by atoms with E-state index in [-0.39, 0.29) is 11.2 Å². The number of aryl methyl sites for hydroxylation is 1. The fourth-order valence-electron chi connectivity index (χ4n) is 3.47. The molecule has 0 amide bonds. The largest absolute Gasteiger partial charge is 0.494 e. The molecule has 3 aromatic rings. The van der Waals surface area contributed by atoms with E-state index in [0.29, 0.717) is 17.9 Å². The fourth-order valence-corrected chi connectivity index (χ4v) is 3.47. The summed E-state index contributed by atoms with van der Waals surface area (Å²) in [6.07, 6.45) is 14.6. The first-order chi connectivity index (χ1) is 15.1. The summed E-state index contributed by atoms with van der Waals surface area (Å²) >= 11 is 0. The zero-order valence-corrected chi connectivity index (χ0v) is 17.8. The van der Waals surface area contributed by atoms with Gasteiger partial charge in [-0.2, -0.15) is 10.2 Å². The summed E-state index contributed by atoms with van der Waals surface area (Å²) in [5, 5.41) is 9.07. The van der Waals surface area contributed by atoms with Crippen molar-refractivity contribution in [2.24, 2.45) is 0 Å². The second-order valence-electron chi connectivity index (χ2n) is 7.16. The molecular weight excluding hydrogens is 392 g/mol. The lowest BCUT2D eigenvalue weighted by molar-refractivity contribution is 0.399. The molecule has 2 aromatic heterocycles. The maximum Gasteiger partial charge on any atom is 0.245 e. The van der Waals surface area contributed by atoms with E-state index in [1.807, 2.05) is 54.1 Å². The number of hydrogen-bond acceptors (Lipinski definition) is 5. The van der Waals surface area contributed by atoms with Crippen LogP contribution in [-0.2, 0) is 6.42 Å². The molecule has 0 saturated carbocycles. The van der Waals surface area contributed by atoms with E-state index in [1.54, 1.807) is 24.2 Å². The van der Waals surface area contributed by atoms with Gasteiger partial charge in [0.15, 0.2) is 5.75 Å². The molecule has 7 heteroatoms. The Morgan fingerprint density at radius 3 is 2.74 bits per heavy atom. The number of hydrogen-bond donors (Lipinski definition) is 0. The lowest BCUT2D eigenvalue weighted by atomic mass is 10.2. The second-order valence-corrected chi connectivity index (χ2v) is 7.16. The van der Waals surface area contributed by atoms with Crippen molar-refractivity contribution in [1.82, 2.24) is 19.6 Å². The van der Waals surface area contributed by atoms with Crippen LogP contribution in [0.4, 0.5) is 0 Å². The van der Waals surface area contributed by atoms with Gasteiger partial charge in [0.05, 0.1) is 31.8 Å². The Bertz CT molecular complexity index is 1250. The molecule has 1 aromatic carbocycles. The Balaban J connectivity index is 1.77. The summed E-state index contributed by atoms with van der Waals surface area (Å²) in [7, 11) is 3.09. The van der Waals surface area contributed by atoms with Crippen LogP contribution in [0, 0.1) is 6.92 Å². The van der Waals surface area contributed by atoms with Crippen LogP contribution >= 0.6 is 0 Å². The zero-order valence-electron chi connectivity index (χ0n) is 17.8. The highest BCUT2D eigenvalue weighted by molar-refractivity contribution is 5.59. The van der Waals surface area contributed by atoms with Crippen molar-refractivity contribution in [3.63, 3.8) is 0 Å². The molecule has 0 spiro atoms. The standard InChI is InChI=1S/C24H24N4O3/c1-17-10-11-21(22(14-17)30-2)27-16-23(31-3)24(29)20(26-27)15-19-12-13-25-28(19)18-8-6-4-5-7-9-18/h4-6,8-14,16H,7,15H2,1-3H3. The molecule has 4 rings (SSSR count). The average molecular weight is 416 g/mol. The molecule has 0 bridgehead atoms. The molecule has 0 radical (unpaired) electrons. The van der Waals surface area contributed by atoms with E-state index < -0.39 is 0 Å². The van der Waals surface area contributed by atoms with Crippen LogP contribution < -0.4 is 14.9 Å². The number of ether oxygens (including phenoxy) is 2. The molecule has 0 N–H and O–H groups in total. The number of rotatable bonds is 6. The van der Waals surface area contributed by atoms with Gasteiger partial charge in [-0.3, -0.25) is 4.79 Å². The minimum Gasteiger partial charge on any atom is -0.494 e. The molecule has 1 aliphatic carbocycles. The van der Waals surface area contributed by atoms with Gasteiger partial charge in [0.2, 0.25) is 5.43 Å². The Morgan fingerprint density at radius 2 is 1.94 bits per heavy atom. The first-order valence-electron chi connectivity index (χ1n) is 9.99. The van der Waals surface area contributed by atoms with E-state index in [2.05, 4.69) is 22.3 Å². The van der Waals surface area contributed by atoms with Crippen molar-refractivity contribution in [2.75, 3.05) is 14.2 Å². The van der Waals surface area contributed by atoms with Crippen molar-refractivity contribution in [3.8, 4) is 17.2 Å². The molecular formula is C24H24N4O3. The SMILES string of the molecule is COc1cc(C)ccc1-n1cc(OC)c(=O)c(Cc2ccnn2C2=CCC=CC=C2)n1. The third-order valence-corrected chi connectivity index (χ3v) is 5.05. The topological polar surface area (TPSA) is 71.2 Å². The van der Waals surface area contributed by atoms with Crippen molar-refractivity contribution >= 4 is 5.70 Å². The minimum atomic E-state index is -0.246. The number of nitrogens with zero attached hydrogens (tertiary/aromatic N) is 4. The molecule has 158 valence electrons. The monoisotopic (exact) mass is 416 g/mol. The quantitative estimate of drug-likeness (QED) is 0.613. The summed E-state index contributed by atoms with van der Waals surface area (Å²) in [4.78, 5) is 13.0. The first kappa shape index (κ1) is 20.4. The predicted molar refractivity (Wildman–Crippen MR) is 120 cm³/mol. The molecule has 0 aliphatic heterocycles. The molecule has 31 heavy (non-hydrogen) atoms. The molecule has 0 unspecified atom stereocenters. The Morgan fingerprint density at radius 1 is 1.10 bits per heavy atom. The van der Waals surface area contributed by atoms with Crippen molar-refractivity contribution in [2.45, 2.75) is 19.8 Å². The predicted octanol–water partition coefficient (Wildman–Crippen LogP) is 3.70. The maximum atomic E-state index is 13.0. The highest BCUT2D eigenvalue weighted by atomic mass is 16.5. The summed E-state index contributed by atoms with van der Waals surface area (Å²) in [6, 6.07) is 7.70. The summed E-state index contributed by atoms with van der Waals surface area (Å²) < 4.78 is 14.3. The molecule has 2 heterocycles. The Labute approximate surface area is 180 Å². The van der Waals surface area contributed by atoms with E-state index in [4.69, 9.17) is 9.47 Å². The lowest BCUT2D eigenvalue weighted by Gasteiger charge is -2.14. The third-order valence-electron chi connectivity index (χ3n) is 5.05. The van der Waals surface area contributed by atoms with Gasteiger partial charge in [0.25, 0.3) is 0 Å². The van der Waals surface area contributed by atoms with E-state index in [0.717, 1.165) is 29.1 Å². The number of aromatic nitrogens is 4. The zero-order chi connectivity index (χ0) is 21.8. The highest BCUT2D eigenvalue weighted by Gasteiger charge is 2.16. The Hall–Kier alpha value is -3.87. The minimum absolute atomic E-state index is 0.219. The number of methoxy groups -OCH3 is 2. The van der Waals surface area contributed by atoms with E-state index in [9.17, 15) is 4.79 Å². The van der Waals surface area contributed by atoms with Gasteiger partial charge in [0.1, 0.15) is 17.1 Å². The van der Waals surface area contributed by atoms with Crippen molar-refractivity contribution in [3.05, 3.63) is 94.2 Å². The second kappa shape index (κ2) is 8.87. The normalized spacial score (nSPS) is 13.1. The van der Waals surface area contributed by atoms with Crippen LogP contribution in [0.15, 0.2) is 71.8 Å². The van der Waals surface area contributed by atoms with Gasteiger partial charge in [0, 0.05) is 12.6 Å². The summed E-state index contributed by atoms with van der Waals surface area (Å²) in [5.74, 6) is 0.881. The first-order valence-corrected chi connectivity index (χ1v) is 9.99. The van der Waals surface area contributed by atoms with Gasteiger partial charge in [-0.25, -0.2) is 9.36 Å². The van der Waals surface area contributed by atoms with Crippen LogP contribution in [0.5, 0.6) is 11.5 Å². The molecule has 0 atom stereocenters. The molecule has 0 fully saturated rings.